The van der Waals surface area contributed by atoms with Crippen LogP contribution in [-0.2, 0) is 34.0 Å². The average Bonchev–Trinajstić information content (AvgIpc) is 2.53. The first kappa shape index (κ1) is 29.6. The third-order valence-electron chi connectivity index (χ3n) is 3.79. The zero-order valence-electron chi connectivity index (χ0n) is 19.2. The Morgan fingerprint density at radius 2 is 1.55 bits per heavy atom. The lowest BCUT2D eigenvalue weighted by Crippen LogP contribution is -2.52. The monoisotopic (exact) mass is 488 g/mol. The van der Waals surface area contributed by atoms with Crippen molar-refractivity contribution < 1.29 is 39.9 Å². The molecule has 0 heterocycles. The molecule has 0 unspecified atom stereocenters. The molecular weight excluding hydrogens is 452 g/mol. The Morgan fingerprint density at radius 1 is 1.00 bits per heavy atom. The molecule has 3 N–H and O–H groups in total. The first-order chi connectivity index (χ1) is 13.7. The van der Waals surface area contributed by atoms with Gasteiger partial charge >= 0.3 is 6.09 Å². The van der Waals surface area contributed by atoms with Gasteiger partial charge < -0.3 is 15.4 Å². The number of alkyl carbamates (subject to hydrolysis) is 1. The van der Waals surface area contributed by atoms with Crippen molar-refractivity contribution >= 4 is 32.2 Å². The van der Waals surface area contributed by atoms with E-state index in [0.717, 1.165) is 0 Å². The number of hydrogen-bond acceptors (Lipinski definition) is 8. The van der Waals surface area contributed by atoms with Gasteiger partial charge in [-0.05, 0) is 33.1 Å². The maximum absolute atomic E-state index is 12.5. The van der Waals surface area contributed by atoms with Gasteiger partial charge in [0.25, 0.3) is 20.2 Å². The van der Waals surface area contributed by atoms with Crippen LogP contribution in [0.15, 0.2) is 0 Å². The Morgan fingerprint density at radius 3 is 2.00 bits per heavy atom. The van der Waals surface area contributed by atoms with Crippen molar-refractivity contribution in [2.75, 3.05) is 24.7 Å². The summed E-state index contributed by atoms with van der Waals surface area (Å²) in [5.41, 5.74) is -1.49. The van der Waals surface area contributed by atoms with Crippen molar-refractivity contribution in [3.05, 3.63) is 0 Å². The van der Waals surface area contributed by atoms with E-state index in [2.05, 4.69) is 10.6 Å². The topological polar surface area (TPSA) is 165 Å². The zero-order chi connectivity index (χ0) is 24.7. The van der Waals surface area contributed by atoms with Crippen LogP contribution in [0.3, 0.4) is 0 Å². The fourth-order valence-corrected chi connectivity index (χ4v) is 3.99. The van der Waals surface area contributed by atoms with Crippen molar-refractivity contribution in [3.8, 4) is 0 Å². The molecule has 0 aromatic heterocycles. The van der Waals surface area contributed by atoms with E-state index in [4.69, 9.17) is 13.5 Å². The minimum absolute atomic E-state index is 0.0611. The fraction of sp³-hybridized carbons (Fsp3) is 0.889. The Kier molecular flexibility index (Phi) is 10.9. The number of amides is 2. The molecule has 0 saturated carbocycles. The summed E-state index contributed by atoms with van der Waals surface area (Å²) in [6, 6.07) is -0.851. The van der Waals surface area contributed by atoms with Crippen molar-refractivity contribution in [3.63, 3.8) is 0 Å². The van der Waals surface area contributed by atoms with Crippen molar-refractivity contribution in [2.45, 2.75) is 66.5 Å². The summed E-state index contributed by atoms with van der Waals surface area (Å²) in [6.45, 7) is 11.8. The molecule has 0 spiro atoms. The molecule has 13 heteroatoms. The molecule has 11 nitrogen and oxygen atoms in total. The molecule has 1 atom stereocenters. The summed E-state index contributed by atoms with van der Waals surface area (Å²) < 4.78 is 63.9. The highest BCUT2D eigenvalue weighted by atomic mass is 32.2. The minimum atomic E-state index is -4.25. The summed E-state index contributed by atoms with van der Waals surface area (Å²) in [5, 5.41) is 5.21. The van der Waals surface area contributed by atoms with Gasteiger partial charge in [0.1, 0.15) is 11.6 Å². The van der Waals surface area contributed by atoms with Crippen LogP contribution in [0.25, 0.3) is 0 Å². The Hall–Kier alpha value is -1.44. The molecule has 0 fully saturated rings. The first-order valence-electron chi connectivity index (χ1n) is 9.82. The Labute approximate surface area is 185 Å². The van der Waals surface area contributed by atoms with Gasteiger partial charge in [0, 0.05) is 12.0 Å². The van der Waals surface area contributed by atoms with Gasteiger partial charge in [0.05, 0.1) is 18.1 Å². The highest BCUT2D eigenvalue weighted by molar-refractivity contribution is 7.87. The number of rotatable bonds is 12. The standard InChI is InChI=1S/C18H36N2O9S2/c1-13(2)14(20-16(22)29-17(3,4)5)15(21)19-11-18(6,7)12-28-31(26,27)10-8-9-30(23,24)25/h13-14H,8-12H2,1-7H3,(H,19,21)(H,20,22)(H,23,24,25)/t14-/m0/s1. The summed E-state index contributed by atoms with van der Waals surface area (Å²) in [6.07, 6.45) is -1.02. The van der Waals surface area contributed by atoms with Gasteiger partial charge in [-0.25, -0.2) is 4.79 Å². The molecule has 0 aromatic rings. The van der Waals surface area contributed by atoms with Gasteiger partial charge in [-0.2, -0.15) is 16.8 Å². The Bertz CT molecular complexity index is 813. The van der Waals surface area contributed by atoms with E-state index in [9.17, 15) is 26.4 Å². The lowest BCUT2D eigenvalue weighted by molar-refractivity contribution is -0.124. The largest absolute Gasteiger partial charge is 0.444 e. The van der Waals surface area contributed by atoms with Gasteiger partial charge in [-0.3, -0.25) is 13.5 Å². The van der Waals surface area contributed by atoms with Crippen LogP contribution in [0.4, 0.5) is 4.79 Å². The van der Waals surface area contributed by atoms with Crippen LogP contribution in [0.5, 0.6) is 0 Å². The van der Waals surface area contributed by atoms with Crippen LogP contribution >= 0.6 is 0 Å². The molecule has 31 heavy (non-hydrogen) atoms. The van der Waals surface area contributed by atoms with E-state index in [0.29, 0.717) is 0 Å². The van der Waals surface area contributed by atoms with Crippen LogP contribution in [0.1, 0.15) is 54.9 Å². The van der Waals surface area contributed by atoms with Crippen LogP contribution in [0, 0.1) is 11.3 Å². The molecule has 0 saturated heterocycles. The van der Waals surface area contributed by atoms with Crippen molar-refractivity contribution in [2.24, 2.45) is 11.3 Å². The number of ether oxygens (including phenoxy) is 1. The van der Waals surface area contributed by atoms with E-state index in [-0.39, 0.29) is 25.5 Å². The quantitative estimate of drug-likeness (QED) is 0.271. The van der Waals surface area contributed by atoms with Gasteiger partial charge in [0.2, 0.25) is 5.91 Å². The van der Waals surface area contributed by atoms with Crippen LogP contribution in [0.2, 0.25) is 0 Å². The highest BCUT2D eigenvalue weighted by Crippen LogP contribution is 2.17. The highest BCUT2D eigenvalue weighted by Gasteiger charge is 2.29. The normalized spacial score (nSPS) is 14.2. The summed E-state index contributed by atoms with van der Waals surface area (Å²) in [4.78, 5) is 24.5. The lowest BCUT2D eigenvalue weighted by atomic mass is 9.94. The predicted octanol–water partition coefficient (Wildman–Crippen LogP) is 1.30. The number of carbonyl (C=O) groups excluding carboxylic acids is 2. The van der Waals surface area contributed by atoms with Gasteiger partial charge in [-0.15, -0.1) is 0 Å². The van der Waals surface area contributed by atoms with Gasteiger partial charge in [-0.1, -0.05) is 27.7 Å². The van der Waals surface area contributed by atoms with Crippen molar-refractivity contribution in [1.82, 2.24) is 10.6 Å². The predicted molar refractivity (Wildman–Crippen MR) is 116 cm³/mol. The van der Waals surface area contributed by atoms with Crippen molar-refractivity contribution in [1.29, 1.82) is 0 Å². The summed E-state index contributed by atoms with van der Waals surface area (Å²) >= 11 is 0. The first-order valence-corrected chi connectivity index (χ1v) is 13.0. The second-order valence-corrected chi connectivity index (χ2v) is 12.7. The smallest absolute Gasteiger partial charge is 0.408 e. The lowest BCUT2D eigenvalue weighted by Gasteiger charge is -2.28. The molecule has 0 aliphatic carbocycles. The maximum atomic E-state index is 12.5. The molecule has 0 aromatic carbocycles. The number of carbonyl (C=O) groups is 2. The van der Waals surface area contributed by atoms with Crippen LogP contribution in [-0.4, -0.2) is 69.7 Å². The minimum Gasteiger partial charge on any atom is -0.444 e. The molecule has 184 valence electrons. The van der Waals surface area contributed by atoms with E-state index < -0.39 is 60.8 Å². The molecule has 0 aliphatic rings. The SMILES string of the molecule is CC(C)[C@H](NC(=O)OC(C)(C)C)C(=O)NCC(C)(C)COS(=O)(=O)CCCS(=O)(=O)O. The van der Waals surface area contributed by atoms with E-state index in [1.54, 1.807) is 48.5 Å². The van der Waals surface area contributed by atoms with Crippen LogP contribution < -0.4 is 10.6 Å². The summed E-state index contributed by atoms with van der Waals surface area (Å²) in [5.74, 6) is -1.93. The van der Waals surface area contributed by atoms with E-state index in [1.165, 1.54) is 0 Å². The second-order valence-electron chi connectivity index (χ2n) is 9.41. The third-order valence-corrected chi connectivity index (χ3v) is 5.86. The molecule has 0 bridgehead atoms. The second kappa shape index (κ2) is 11.4. The third kappa shape index (κ3) is 15.1. The Balaban J connectivity index is 4.74. The van der Waals surface area contributed by atoms with Gasteiger partial charge in [0.15, 0.2) is 0 Å². The molecule has 2 amide bonds. The molecule has 0 aliphatic heterocycles. The molecule has 0 rings (SSSR count). The van der Waals surface area contributed by atoms with E-state index in [1.807, 2.05) is 0 Å². The average molecular weight is 489 g/mol. The maximum Gasteiger partial charge on any atom is 0.408 e. The summed E-state index contributed by atoms with van der Waals surface area (Å²) in [7, 11) is -8.25. The zero-order valence-corrected chi connectivity index (χ0v) is 20.9. The van der Waals surface area contributed by atoms with E-state index >= 15 is 0 Å². The number of hydrogen-bond donors (Lipinski definition) is 3. The molecule has 0 radical (unpaired) electrons. The number of nitrogens with one attached hydrogen (secondary N) is 2. The molecular formula is C18H36N2O9S2. The fourth-order valence-electron chi connectivity index (χ4n) is 2.18.